The number of methoxy groups -OCH3 is 1. The first-order chi connectivity index (χ1) is 12.9. The van der Waals surface area contributed by atoms with Crippen LogP contribution in [0.5, 0.6) is 0 Å². The Balaban J connectivity index is 2.27. The number of aromatic nitrogens is 1. The van der Waals surface area contributed by atoms with Crippen LogP contribution in [0.25, 0.3) is 0 Å². The van der Waals surface area contributed by atoms with Gasteiger partial charge >= 0.3 is 5.97 Å². The Bertz CT molecular complexity index is 714. The van der Waals surface area contributed by atoms with Gasteiger partial charge in [-0.25, -0.2) is 4.79 Å². The summed E-state index contributed by atoms with van der Waals surface area (Å²) in [6.07, 6.45) is 5.19. The van der Waals surface area contributed by atoms with Crippen molar-refractivity contribution in [3.63, 3.8) is 0 Å². The third-order valence-corrected chi connectivity index (χ3v) is 5.72. The molecule has 1 heterocycles. The van der Waals surface area contributed by atoms with Crippen molar-refractivity contribution in [3.05, 3.63) is 22.5 Å². The largest absolute Gasteiger partial charge is 0.464 e. The molecule has 2 rings (SSSR count). The van der Waals surface area contributed by atoms with Gasteiger partial charge < -0.3 is 14.2 Å². The van der Waals surface area contributed by atoms with Crippen LogP contribution in [0.15, 0.2) is 0 Å². The number of esters is 1. The van der Waals surface area contributed by atoms with Gasteiger partial charge in [0.1, 0.15) is 5.69 Å². The van der Waals surface area contributed by atoms with E-state index in [0.717, 1.165) is 31.4 Å². The van der Waals surface area contributed by atoms with Crippen molar-refractivity contribution < 1.29 is 19.1 Å². The lowest BCUT2D eigenvalue weighted by molar-refractivity contribution is -0.135. The SMILES string of the molecule is CCN(CC(=O)c1c(C)c(C(=O)OC)n(CC)c1C)C(=O)C1CCCCC1. The van der Waals surface area contributed by atoms with Gasteiger partial charge in [-0.1, -0.05) is 19.3 Å². The van der Waals surface area contributed by atoms with Gasteiger partial charge in [0.25, 0.3) is 0 Å². The van der Waals surface area contributed by atoms with Crippen LogP contribution in [0.4, 0.5) is 0 Å². The molecule has 1 aliphatic carbocycles. The monoisotopic (exact) mass is 376 g/mol. The van der Waals surface area contributed by atoms with E-state index in [0.29, 0.717) is 29.9 Å². The van der Waals surface area contributed by atoms with Crippen molar-refractivity contribution in [1.82, 2.24) is 9.47 Å². The molecule has 0 atom stereocenters. The molecule has 27 heavy (non-hydrogen) atoms. The van der Waals surface area contributed by atoms with E-state index in [2.05, 4.69) is 0 Å². The van der Waals surface area contributed by atoms with Crippen LogP contribution in [0.1, 0.15) is 78.1 Å². The van der Waals surface area contributed by atoms with E-state index in [9.17, 15) is 14.4 Å². The van der Waals surface area contributed by atoms with E-state index in [1.165, 1.54) is 13.5 Å². The van der Waals surface area contributed by atoms with Gasteiger partial charge in [0, 0.05) is 30.3 Å². The van der Waals surface area contributed by atoms with Crippen LogP contribution < -0.4 is 0 Å². The fourth-order valence-electron chi connectivity index (χ4n) is 4.27. The number of rotatable bonds is 7. The van der Waals surface area contributed by atoms with E-state index in [1.807, 2.05) is 25.3 Å². The van der Waals surface area contributed by atoms with Gasteiger partial charge in [-0.3, -0.25) is 9.59 Å². The molecule has 0 radical (unpaired) electrons. The highest BCUT2D eigenvalue weighted by Gasteiger charge is 2.30. The molecule has 1 amide bonds. The highest BCUT2D eigenvalue weighted by molar-refractivity contribution is 6.04. The van der Waals surface area contributed by atoms with Crippen LogP contribution in [0, 0.1) is 19.8 Å². The average molecular weight is 376 g/mol. The fourth-order valence-corrected chi connectivity index (χ4v) is 4.27. The summed E-state index contributed by atoms with van der Waals surface area (Å²) in [4.78, 5) is 39.8. The summed E-state index contributed by atoms with van der Waals surface area (Å²) in [6.45, 7) is 8.60. The minimum Gasteiger partial charge on any atom is -0.464 e. The molecule has 0 aromatic carbocycles. The summed E-state index contributed by atoms with van der Waals surface area (Å²) in [7, 11) is 1.34. The minimum absolute atomic E-state index is 0.0413. The first-order valence-electron chi connectivity index (χ1n) is 9.97. The lowest BCUT2D eigenvalue weighted by atomic mass is 9.88. The molecule has 1 aromatic rings. The van der Waals surface area contributed by atoms with Crippen LogP contribution in [0.2, 0.25) is 0 Å². The Labute approximate surface area is 161 Å². The zero-order chi connectivity index (χ0) is 20.1. The smallest absolute Gasteiger partial charge is 0.354 e. The molecule has 1 aliphatic rings. The third-order valence-electron chi connectivity index (χ3n) is 5.72. The summed E-state index contributed by atoms with van der Waals surface area (Å²) >= 11 is 0. The Morgan fingerprint density at radius 1 is 1.11 bits per heavy atom. The van der Waals surface area contributed by atoms with Crippen molar-refractivity contribution in [2.45, 2.75) is 66.3 Å². The van der Waals surface area contributed by atoms with Gasteiger partial charge in [-0.05, 0) is 46.1 Å². The summed E-state index contributed by atoms with van der Waals surface area (Å²) < 4.78 is 6.71. The second kappa shape index (κ2) is 9.20. The Hall–Kier alpha value is -2.11. The Morgan fingerprint density at radius 2 is 1.74 bits per heavy atom. The number of nitrogens with zero attached hydrogens (tertiary/aromatic N) is 2. The lowest BCUT2D eigenvalue weighted by Crippen LogP contribution is -2.40. The number of amides is 1. The first kappa shape index (κ1) is 21.2. The van der Waals surface area contributed by atoms with Crippen LogP contribution in [-0.4, -0.2) is 47.3 Å². The van der Waals surface area contributed by atoms with Crippen molar-refractivity contribution in [1.29, 1.82) is 0 Å². The van der Waals surface area contributed by atoms with E-state index < -0.39 is 5.97 Å². The van der Waals surface area contributed by atoms with E-state index >= 15 is 0 Å². The number of carbonyl (C=O) groups excluding carboxylic acids is 3. The second-order valence-electron chi connectivity index (χ2n) is 7.28. The molecule has 0 spiro atoms. The molecule has 0 unspecified atom stereocenters. The van der Waals surface area contributed by atoms with E-state index in [1.54, 1.807) is 11.8 Å². The second-order valence-corrected chi connectivity index (χ2v) is 7.28. The molecule has 6 nitrogen and oxygen atoms in total. The first-order valence-corrected chi connectivity index (χ1v) is 9.97. The number of ketones is 1. The maximum absolute atomic E-state index is 13.1. The van der Waals surface area contributed by atoms with E-state index in [4.69, 9.17) is 4.74 Å². The van der Waals surface area contributed by atoms with Crippen LogP contribution in [0.3, 0.4) is 0 Å². The number of Topliss-reactive ketones (excluding diaryl/α,β-unsaturated/α-hetero) is 1. The van der Waals surface area contributed by atoms with Gasteiger partial charge in [0.2, 0.25) is 5.91 Å². The zero-order valence-electron chi connectivity index (χ0n) is 17.3. The van der Waals surface area contributed by atoms with Crippen molar-refractivity contribution in [2.75, 3.05) is 20.2 Å². The third kappa shape index (κ3) is 4.25. The molecule has 0 N–H and O–H groups in total. The number of hydrogen-bond donors (Lipinski definition) is 0. The molecule has 1 aromatic heterocycles. The predicted molar refractivity (Wildman–Crippen MR) is 104 cm³/mol. The number of hydrogen-bond acceptors (Lipinski definition) is 4. The fraction of sp³-hybridized carbons (Fsp3) is 0.667. The van der Waals surface area contributed by atoms with E-state index in [-0.39, 0.29) is 24.2 Å². The standard InChI is InChI=1S/C21H32N2O4/c1-6-22(20(25)16-11-9-8-10-12-16)13-17(24)18-14(3)19(21(26)27-5)23(7-2)15(18)4/h16H,6-13H2,1-5H3. The Kier molecular flexibility index (Phi) is 7.22. The van der Waals surface area contributed by atoms with Crippen LogP contribution in [-0.2, 0) is 16.1 Å². The topological polar surface area (TPSA) is 68.6 Å². The molecule has 1 saturated carbocycles. The Morgan fingerprint density at radius 3 is 2.26 bits per heavy atom. The molecule has 0 bridgehead atoms. The average Bonchev–Trinajstić information content (AvgIpc) is 2.94. The van der Waals surface area contributed by atoms with Gasteiger partial charge in [-0.15, -0.1) is 0 Å². The van der Waals surface area contributed by atoms with Crippen molar-refractivity contribution >= 4 is 17.7 Å². The summed E-state index contributed by atoms with van der Waals surface area (Å²) in [5.74, 6) is -0.431. The number of ether oxygens (including phenoxy) is 1. The minimum atomic E-state index is -0.442. The molecular weight excluding hydrogens is 344 g/mol. The maximum atomic E-state index is 13.1. The zero-order valence-corrected chi connectivity index (χ0v) is 17.3. The van der Waals surface area contributed by atoms with Crippen molar-refractivity contribution in [2.24, 2.45) is 5.92 Å². The maximum Gasteiger partial charge on any atom is 0.354 e. The summed E-state index contributed by atoms with van der Waals surface area (Å²) in [5.41, 5.74) is 2.34. The van der Waals surface area contributed by atoms with Gasteiger partial charge in [-0.2, -0.15) is 0 Å². The highest BCUT2D eigenvalue weighted by atomic mass is 16.5. The summed E-state index contributed by atoms with van der Waals surface area (Å²) in [6, 6.07) is 0. The molecule has 0 saturated heterocycles. The van der Waals surface area contributed by atoms with Crippen molar-refractivity contribution in [3.8, 4) is 0 Å². The normalized spacial score (nSPS) is 14.9. The predicted octanol–water partition coefficient (Wildman–Crippen LogP) is 3.52. The lowest BCUT2D eigenvalue weighted by Gasteiger charge is -2.28. The molecular formula is C21H32N2O4. The molecule has 150 valence electrons. The number of carbonyl (C=O) groups is 3. The quantitative estimate of drug-likeness (QED) is 0.539. The number of likely N-dealkylation sites (N-methyl/N-ethyl adjacent to an activating group) is 1. The molecule has 0 aliphatic heterocycles. The van der Waals surface area contributed by atoms with Gasteiger partial charge in [0.15, 0.2) is 5.78 Å². The molecule has 1 fully saturated rings. The van der Waals surface area contributed by atoms with Gasteiger partial charge in [0.05, 0.1) is 13.7 Å². The highest BCUT2D eigenvalue weighted by Crippen LogP contribution is 2.27. The molecule has 6 heteroatoms. The summed E-state index contributed by atoms with van der Waals surface area (Å²) in [5, 5.41) is 0. The van der Waals surface area contributed by atoms with Crippen LogP contribution >= 0.6 is 0 Å².